The van der Waals surface area contributed by atoms with Gasteiger partial charge in [-0.05, 0) is 101 Å². The minimum Gasteiger partial charge on any atom is -0.369 e. The molecule has 1 aliphatic rings. The number of benzene rings is 7. The van der Waals surface area contributed by atoms with Crippen molar-refractivity contribution in [3.63, 3.8) is 0 Å². The Kier molecular flexibility index (Phi) is 9.08. The maximum absolute atomic E-state index is 9.31. The molecule has 59 heavy (non-hydrogen) atoms. The lowest BCUT2D eigenvalue weighted by atomic mass is 9.82. The lowest BCUT2D eigenvalue weighted by Gasteiger charge is -2.23. The average Bonchev–Trinajstić information content (AvgIpc) is 3.81. The van der Waals surface area contributed by atoms with E-state index < -0.39 is 0 Å². The highest BCUT2D eigenvalue weighted by Crippen LogP contribution is 2.38. The molecule has 5 nitrogen and oxygen atoms in total. The largest absolute Gasteiger partial charge is 0.369 e. The first-order valence-electron chi connectivity index (χ1n) is 20.2. The summed E-state index contributed by atoms with van der Waals surface area (Å²) in [5, 5.41) is 14.0. The molecule has 0 spiro atoms. The Morgan fingerprint density at radius 1 is 0.661 bits per heavy atom. The number of aliphatic imine (C=N–C) groups is 1. The third kappa shape index (κ3) is 6.51. The van der Waals surface area contributed by atoms with E-state index in [1.54, 1.807) is 0 Å². The van der Waals surface area contributed by atoms with E-state index in [0.717, 1.165) is 61.9 Å². The summed E-state index contributed by atoms with van der Waals surface area (Å²) >= 11 is 0. The Morgan fingerprint density at radius 2 is 1.27 bits per heavy atom. The van der Waals surface area contributed by atoms with Crippen molar-refractivity contribution in [2.45, 2.75) is 13.3 Å². The highest BCUT2D eigenvalue weighted by atomic mass is 15.2. The lowest BCUT2D eigenvalue weighted by Crippen LogP contribution is -2.22. The number of allylic oxidation sites excluding steroid dienone is 5. The highest BCUT2D eigenvalue weighted by molar-refractivity contribution is 6.15. The van der Waals surface area contributed by atoms with Gasteiger partial charge in [-0.3, -0.25) is 4.57 Å². The highest BCUT2D eigenvalue weighted by Gasteiger charge is 2.21. The van der Waals surface area contributed by atoms with Crippen LogP contribution in [0.3, 0.4) is 0 Å². The van der Waals surface area contributed by atoms with Gasteiger partial charge >= 0.3 is 0 Å². The van der Waals surface area contributed by atoms with Gasteiger partial charge in [-0.1, -0.05) is 146 Å². The minimum absolute atomic E-state index is 0.160. The lowest BCUT2D eigenvalue weighted by molar-refractivity contribution is 0.521. The molecule has 0 saturated heterocycles. The van der Waals surface area contributed by atoms with Crippen LogP contribution in [0.2, 0.25) is 0 Å². The summed E-state index contributed by atoms with van der Waals surface area (Å²) < 4.78 is 4.46. The Morgan fingerprint density at radius 3 is 2.03 bits per heavy atom. The molecule has 2 heterocycles. The molecule has 2 unspecified atom stereocenters. The van der Waals surface area contributed by atoms with E-state index in [1.165, 1.54) is 27.4 Å². The van der Waals surface area contributed by atoms with Gasteiger partial charge in [0.25, 0.3) is 0 Å². The van der Waals surface area contributed by atoms with Crippen molar-refractivity contribution in [2.75, 3.05) is 0 Å². The third-order valence-corrected chi connectivity index (χ3v) is 11.8. The standard InChI is InChI=1S/C54H41N5/c1-36(40-15-12-16-41(32-40)38-25-23-37(35-55)24-26-38)31-49(39-13-4-2-5-14-39)57-54(56)59-51-22-11-8-19-45(51)47-29-27-43(34-53(47)59)42-28-30-52-48(33-42)46-20-9-10-21-50(46)58(52)44-17-6-3-7-18-44/h2-31,33-34,36,40H,32H2,1H3,(H2,56,57)/b49-31-. The second kappa shape index (κ2) is 15.0. The molecule has 0 radical (unpaired) electrons. The number of hydrogen-bond acceptors (Lipinski definition) is 2. The topological polar surface area (TPSA) is 72.0 Å². The van der Waals surface area contributed by atoms with E-state index in [4.69, 9.17) is 10.7 Å². The van der Waals surface area contributed by atoms with E-state index >= 15 is 0 Å². The molecule has 2 aromatic heterocycles. The van der Waals surface area contributed by atoms with Crippen molar-refractivity contribution in [1.82, 2.24) is 9.13 Å². The number of para-hydroxylation sites is 3. The van der Waals surface area contributed by atoms with Crippen LogP contribution in [0.15, 0.2) is 199 Å². The Bertz CT molecular complexity index is 3210. The average molecular weight is 760 g/mol. The molecule has 282 valence electrons. The van der Waals surface area contributed by atoms with Gasteiger partial charge in [-0.25, -0.2) is 4.99 Å². The van der Waals surface area contributed by atoms with Gasteiger partial charge in [0.1, 0.15) is 0 Å². The summed E-state index contributed by atoms with van der Waals surface area (Å²) in [5.41, 5.74) is 19.9. The predicted octanol–water partition coefficient (Wildman–Crippen LogP) is 12.9. The van der Waals surface area contributed by atoms with Crippen molar-refractivity contribution < 1.29 is 0 Å². The molecule has 5 heteroatoms. The number of nitriles is 1. The number of nitrogens with two attached hydrogens (primary N) is 1. The molecule has 0 bridgehead atoms. The summed E-state index contributed by atoms with van der Waals surface area (Å²) in [4.78, 5) is 5.28. The third-order valence-electron chi connectivity index (χ3n) is 11.8. The molecule has 0 fully saturated rings. The quantitative estimate of drug-likeness (QED) is 0.130. The van der Waals surface area contributed by atoms with Crippen molar-refractivity contribution in [1.29, 1.82) is 5.26 Å². The fourth-order valence-corrected chi connectivity index (χ4v) is 8.80. The van der Waals surface area contributed by atoms with Gasteiger partial charge in [-0.15, -0.1) is 0 Å². The molecule has 9 aromatic rings. The van der Waals surface area contributed by atoms with Crippen molar-refractivity contribution >= 4 is 60.8 Å². The zero-order valence-corrected chi connectivity index (χ0v) is 32.7. The van der Waals surface area contributed by atoms with Crippen LogP contribution in [0.25, 0.3) is 71.7 Å². The number of rotatable bonds is 7. The smallest absolute Gasteiger partial charge is 0.205 e. The molecular formula is C54H41N5. The second-order valence-corrected chi connectivity index (χ2v) is 15.4. The van der Waals surface area contributed by atoms with Gasteiger partial charge in [0.05, 0.1) is 39.4 Å². The zero-order valence-electron chi connectivity index (χ0n) is 32.7. The predicted molar refractivity (Wildman–Crippen MR) is 246 cm³/mol. The molecule has 7 aromatic carbocycles. The van der Waals surface area contributed by atoms with Crippen molar-refractivity contribution in [2.24, 2.45) is 22.6 Å². The van der Waals surface area contributed by atoms with E-state index in [0.29, 0.717) is 11.5 Å². The van der Waals surface area contributed by atoms with E-state index in [-0.39, 0.29) is 11.8 Å². The summed E-state index contributed by atoms with van der Waals surface area (Å²) in [6.45, 7) is 2.26. The molecule has 2 N–H and O–H groups in total. The summed E-state index contributed by atoms with van der Waals surface area (Å²) in [7, 11) is 0. The number of aromatic nitrogens is 2. The Labute approximate surface area is 343 Å². The van der Waals surface area contributed by atoms with Gasteiger partial charge in [-0.2, -0.15) is 5.26 Å². The SMILES string of the molecule is CC(/C=C(\N=C(N)n1c2ccccc2c2ccc(-c3ccc4c(c3)c3ccccc3n4-c3ccccc3)cc21)c1ccccc1)C1C=CC=C(c2ccc(C#N)cc2)C1. The van der Waals surface area contributed by atoms with Gasteiger partial charge < -0.3 is 10.3 Å². The fourth-order valence-electron chi connectivity index (χ4n) is 8.80. The van der Waals surface area contributed by atoms with Crippen molar-refractivity contribution in [3.8, 4) is 22.9 Å². The molecule has 1 aliphatic carbocycles. The van der Waals surface area contributed by atoms with E-state index in [1.807, 2.05) is 42.5 Å². The van der Waals surface area contributed by atoms with Gasteiger partial charge in [0.15, 0.2) is 0 Å². The Hall–Kier alpha value is -7.68. The summed E-state index contributed by atoms with van der Waals surface area (Å²) in [6.07, 6.45) is 9.77. The molecule has 10 rings (SSSR count). The number of hydrogen-bond donors (Lipinski definition) is 1. The Balaban J connectivity index is 1.06. The van der Waals surface area contributed by atoms with Crippen LogP contribution in [0.4, 0.5) is 0 Å². The van der Waals surface area contributed by atoms with Crippen LogP contribution < -0.4 is 5.73 Å². The maximum atomic E-state index is 9.31. The first-order valence-corrected chi connectivity index (χ1v) is 20.2. The number of nitrogens with zero attached hydrogens (tertiary/aromatic N) is 4. The van der Waals surface area contributed by atoms with Crippen LogP contribution >= 0.6 is 0 Å². The van der Waals surface area contributed by atoms with Gasteiger partial charge in [0, 0.05) is 27.2 Å². The second-order valence-electron chi connectivity index (χ2n) is 15.4. The first kappa shape index (κ1) is 35.7. The maximum Gasteiger partial charge on any atom is 0.205 e. The zero-order chi connectivity index (χ0) is 39.9. The van der Waals surface area contributed by atoms with Crippen LogP contribution in [-0.2, 0) is 0 Å². The van der Waals surface area contributed by atoms with Gasteiger partial charge in [0.2, 0.25) is 5.96 Å². The first-order chi connectivity index (χ1) is 29.0. The number of fused-ring (bicyclic) bond motifs is 6. The fraction of sp³-hybridized carbons (Fsp3) is 0.0741. The molecule has 0 aliphatic heterocycles. The van der Waals surface area contributed by atoms with E-state index in [2.05, 4.69) is 174 Å². The van der Waals surface area contributed by atoms with E-state index in [9.17, 15) is 5.26 Å². The summed E-state index contributed by atoms with van der Waals surface area (Å²) in [6, 6.07) is 61.6. The molecule has 0 amide bonds. The monoisotopic (exact) mass is 759 g/mol. The van der Waals surface area contributed by atoms with Crippen LogP contribution in [0, 0.1) is 23.2 Å². The molecule has 0 saturated carbocycles. The molecule has 2 atom stereocenters. The summed E-state index contributed by atoms with van der Waals surface area (Å²) in [5.74, 6) is 0.831. The normalized spacial score (nSPS) is 15.2. The van der Waals surface area contributed by atoms with Crippen LogP contribution in [-0.4, -0.2) is 15.1 Å². The van der Waals surface area contributed by atoms with Crippen LogP contribution in [0.1, 0.15) is 30.0 Å². The van der Waals surface area contributed by atoms with Crippen LogP contribution in [0.5, 0.6) is 0 Å². The van der Waals surface area contributed by atoms with Crippen molar-refractivity contribution in [3.05, 3.63) is 211 Å². The molecular weight excluding hydrogens is 719 g/mol. The minimum atomic E-state index is 0.160.